The minimum atomic E-state index is -0.234. The molecule has 2 aliphatic rings. The molecule has 1 amide bonds. The second-order valence-corrected chi connectivity index (χ2v) is 12.3. The van der Waals surface area contributed by atoms with Crippen molar-refractivity contribution in [2.75, 3.05) is 57.3 Å². The van der Waals surface area contributed by atoms with Crippen LogP contribution >= 0.6 is 11.8 Å². The van der Waals surface area contributed by atoms with E-state index in [0.29, 0.717) is 25.3 Å². The molecule has 0 spiro atoms. The summed E-state index contributed by atoms with van der Waals surface area (Å²) in [6, 6.07) is 9.94. The lowest BCUT2D eigenvalue weighted by Crippen LogP contribution is -2.46. The van der Waals surface area contributed by atoms with E-state index in [-0.39, 0.29) is 23.2 Å². The van der Waals surface area contributed by atoms with E-state index in [2.05, 4.69) is 43.6 Å². The Bertz CT molecular complexity index is 1130. The van der Waals surface area contributed by atoms with Crippen LogP contribution in [0.3, 0.4) is 0 Å². The molecule has 3 heterocycles. The number of anilines is 1. The maximum Gasteiger partial charge on any atom is 0.310 e. The minimum absolute atomic E-state index is 0.0303. The fourth-order valence-electron chi connectivity index (χ4n) is 5.00. The number of benzene rings is 1. The number of esters is 1. The molecule has 4 rings (SSSR count). The van der Waals surface area contributed by atoms with Crippen molar-refractivity contribution in [2.24, 2.45) is 5.92 Å². The van der Waals surface area contributed by atoms with Crippen LogP contribution in [0.25, 0.3) is 0 Å². The predicted molar refractivity (Wildman–Crippen MR) is 156 cm³/mol. The van der Waals surface area contributed by atoms with Crippen LogP contribution in [0.5, 0.6) is 0 Å². The molecule has 1 atom stereocenters. The first-order valence-electron chi connectivity index (χ1n) is 14.2. The highest BCUT2D eigenvalue weighted by Gasteiger charge is 2.30. The predicted octanol–water partition coefficient (Wildman–Crippen LogP) is 4.62. The van der Waals surface area contributed by atoms with Crippen molar-refractivity contribution in [3.05, 3.63) is 47.2 Å². The topological polar surface area (TPSA) is 78.9 Å². The van der Waals surface area contributed by atoms with Crippen LogP contribution in [0.15, 0.2) is 35.5 Å². The second-order valence-electron chi connectivity index (χ2n) is 11.4. The van der Waals surface area contributed by atoms with Crippen molar-refractivity contribution in [2.45, 2.75) is 63.8 Å². The number of piperazine rings is 1. The molecule has 1 aromatic heterocycles. The van der Waals surface area contributed by atoms with Crippen LogP contribution in [0.4, 0.5) is 5.82 Å². The summed E-state index contributed by atoms with van der Waals surface area (Å²) >= 11 is 1.63. The lowest BCUT2D eigenvalue weighted by atomic mass is 9.92. The van der Waals surface area contributed by atoms with E-state index in [9.17, 15) is 9.59 Å². The van der Waals surface area contributed by atoms with E-state index >= 15 is 0 Å². The number of piperidine rings is 1. The van der Waals surface area contributed by atoms with Crippen molar-refractivity contribution in [3.8, 4) is 0 Å². The maximum absolute atomic E-state index is 13.1. The van der Waals surface area contributed by atoms with E-state index in [1.165, 1.54) is 0 Å². The van der Waals surface area contributed by atoms with Gasteiger partial charge in [0.05, 0.1) is 18.2 Å². The summed E-state index contributed by atoms with van der Waals surface area (Å²) in [5.41, 5.74) is 2.74. The Morgan fingerprint density at radius 1 is 1.03 bits per heavy atom. The summed E-state index contributed by atoms with van der Waals surface area (Å²) < 4.78 is 5.18. The summed E-state index contributed by atoms with van der Waals surface area (Å²) in [5.74, 6) is 1.27. The summed E-state index contributed by atoms with van der Waals surface area (Å²) in [6.07, 6.45) is 1.59. The average Bonchev–Trinajstić information content (AvgIpc) is 2.95. The van der Waals surface area contributed by atoms with Gasteiger partial charge >= 0.3 is 5.97 Å². The molecule has 212 valence electrons. The summed E-state index contributed by atoms with van der Waals surface area (Å²) in [7, 11) is 0. The molecule has 2 saturated heterocycles. The third-order valence-electron chi connectivity index (χ3n) is 7.50. The number of nitrogens with zero attached hydrogens (tertiary/aromatic N) is 5. The standard InChI is InChI=1S/C30H43N5O3S/c1-6-33-15-17-34(18-16-33)26-19-25(30(3,4)5)31-29(32-26)39-21-22-10-12-23(13-11-22)27(36)35-14-8-9-24(20-35)28(37)38-7-2/h10-13,19,24H,6-9,14-18,20-21H2,1-5H3/t24-/m0/s1. The number of ether oxygens (including phenoxy) is 1. The summed E-state index contributed by atoms with van der Waals surface area (Å²) in [4.78, 5) is 41.8. The highest BCUT2D eigenvalue weighted by molar-refractivity contribution is 7.98. The Morgan fingerprint density at radius 2 is 1.74 bits per heavy atom. The van der Waals surface area contributed by atoms with Crippen LogP contribution < -0.4 is 4.90 Å². The van der Waals surface area contributed by atoms with E-state index in [0.717, 1.165) is 73.5 Å². The van der Waals surface area contributed by atoms with E-state index < -0.39 is 0 Å². The van der Waals surface area contributed by atoms with Gasteiger partial charge in [-0.1, -0.05) is 51.6 Å². The van der Waals surface area contributed by atoms with Crippen molar-refractivity contribution in [1.29, 1.82) is 0 Å². The smallest absolute Gasteiger partial charge is 0.310 e. The number of carbonyl (C=O) groups is 2. The molecular weight excluding hydrogens is 510 g/mol. The zero-order valence-corrected chi connectivity index (χ0v) is 24.9. The van der Waals surface area contributed by atoms with Gasteiger partial charge in [-0.3, -0.25) is 9.59 Å². The molecule has 0 radical (unpaired) electrons. The SMILES string of the molecule is CCOC(=O)[C@H]1CCCN(C(=O)c2ccc(CSc3nc(N4CCN(CC)CC4)cc(C(C)(C)C)n3)cc2)C1. The maximum atomic E-state index is 13.1. The lowest BCUT2D eigenvalue weighted by molar-refractivity contribution is -0.149. The van der Waals surface area contributed by atoms with Crippen LogP contribution in [0.2, 0.25) is 0 Å². The molecule has 39 heavy (non-hydrogen) atoms. The largest absolute Gasteiger partial charge is 0.466 e. The van der Waals surface area contributed by atoms with Gasteiger partial charge in [-0.25, -0.2) is 9.97 Å². The van der Waals surface area contributed by atoms with Gasteiger partial charge in [0, 0.05) is 62.1 Å². The zero-order chi connectivity index (χ0) is 28.0. The fourth-order valence-corrected chi connectivity index (χ4v) is 5.81. The Morgan fingerprint density at radius 3 is 2.38 bits per heavy atom. The third kappa shape index (κ3) is 7.72. The Kier molecular flexibility index (Phi) is 9.88. The highest BCUT2D eigenvalue weighted by atomic mass is 32.2. The molecule has 2 aromatic rings. The number of likely N-dealkylation sites (N-methyl/N-ethyl adjacent to an activating group) is 1. The van der Waals surface area contributed by atoms with Gasteiger partial charge in [0.1, 0.15) is 5.82 Å². The molecule has 0 N–H and O–H groups in total. The number of carbonyl (C=O) groups excluding carboxylic acids is 2. The van der Waals surface area contributed by atoms with Crippen LogP contribution in [0, 0.1) is 5.92 Å². The van der Waals surface area contributed by atoms with Crippen molar-refractivity contribution < 1.29 is 14.3 Å². The molecule has 9 heteroatoms. The number of hydrogen-bond donors (Lipinski definition) is 0. The average molecular weight is 554 g/mol. The first-order chi connectivity index (χ1) is 18.7. The van der Waals surface area contributed by atoms with Crippen LogP contribution in [0.1, 0.15) is 69.1 Å². The normalized spacial score (nSPS) is 18.7. The van der Waals surface area contributed by atoms with E-state index in [4.69, 9.17) is 14.7 Å². The van der Waals surface area contributed by atoms with Gasteiger partial charge in [-0.2, -0.15) is 0 Å². The highest BCUT2D eigenvalue weighted by Crippen LogP contribution is 2.29. The number of aromatic nitrogens is 2. The molecular formula is C30H43N5O3S. The van der Waals surface area contributed by atoms with Crippen molar-refractivity contribution >= 4 is 29.5 Å². The Labute approximate surface area is 237 Å². The van der Waals surface area contributed by atoms with Gasteiger partial charge in [0.25, 0.3) is 5.91 Å². The lowest BCUT2D eigenvalue weighted by Gasteiger charge is -2.35. The Balaban J connectivity index is 1.40. The molecule has 0 bridgehead atoms. The molecule has 1 aromatic carbocycles. The first kappa shape index (κ1) is 29.3. The molecule has 0 unspecified atom stereocenters. The monoisotopic (exact) mass is 553 g/mol. The van der Waals surface area contributed by atoms with Gasteiger partial charge in [0.15, 0.2) is 5.16 Å². The molecule has 2 aliphatic heterocycles. The van der Waals surface area contributed by atoms with E-state index in [1.807, 2.05) is 31.2 Å². The Hall–Kier alpha value is -2.65. The fraction of sp³-hybridized carbons (Fsp3) is 0.600. The molecule has 0 saturated carbocycles. The van der Waals surface area contributed by atoms with Crippen LogP contribution in [-0.2, 0) is 20.7 Å². The third-order valence-corrected chi connectivity index (χ3v) is 8.42. The second kappa shape index (κ2) is 13.1. The van der Waals surface area contributed by atoms with Crippen molar-refractivity contribution in [3.63, 3.8) is 0 Å². The molecule has 0 aliphatic carbocycles. The number of hydrogen-bond acceptors (Lipinski definition) is 8. The van der Waals surface area contributed by atoms with Gasteiger partial charge in [0.2, 0.25) is 0 Å². The van der Waals surface area contributed by atoms with Gasteiger partial charge in [-0.15, -0.1) is 0 Å². The quantitative estimate of drug-likeness (QED) is 0.266. The zero-order valence-electron chi connectivity index (χ0n) is 24.1. The number of thioether (sulfide) groups is 1. The van der Waals surface area contributed by atoms with Crippen LogP contribution in [-0.4, -0.2) is 84.1 Å². The van der Waals surface area contributed by atoms with Gasteiger partial charge in [-0.05, 0) is 44.0 Å². The number of amides is 1. The number of rotatable bonds is 8. The van der Waals surface area contributed by atoms with Crippen molar-refractivity contribution in [1.82, 2.24) is 19.8 Å². The number of likely N-dealkylation sites (tertiary alicyclic amines) is 1. The van der Waals surface area contributed by atoms with Gasteiger partial charge < -0.3 is 19.4 Å². The summed E-state index contributed by atoms with van der Waals surface area (Å²) in [5, 5.41) is 0.786. The van der Waals surface area contributed by atoms with E-state index in [1.54, 1.807) is 16.7 Å². The molecule has 2 fully saturated rings. The molecule has 8 nitrogen and oxygen atoms in total. The first-order valence-corrected chi connectivity index (χ1v) is 15.2. The minimum Gasteiger partial charge on any atom is -0.466 e. The summed E-state index contributed by atoms with van der Waals surface area (Å²) in [6.45, 7) is 17.2.